The summed E-state index contributed by atoms with van der Waals surface area (Å²) in [5, 5.41) is 4.55. The molecule has 0 aliphatic rings. The Morgan fingerprint density at radius 3 is 2.27 bits per heavy atom. The summed E-state index contributed by atoms with van der Waals surface area (Å²) in [5.41, 5.74) is 9.69. The number of nitrogens with zero attached hydrogens (tertiary/aromatic N) is 3. The zero-order chi connectivity index (χ0) is 38.1. The summed E-state index contributed by atoms with van der Waals surface area (Å²) >= 11 is 1.58. The molecule has 7 rings (SSSR count). The van der Waals surface area contributed by atoms with Crippen LogP contribution >= 0.6 is 11.3 Å². The number of aromatic nitrogens is 3. The van der Waals surface area contributed by atoms with Gasteiger partial charge in [0.15, 0.2) is 0 Å². The molecule has 0 bridgehead atoms. The van der Waals surface area contributed by atoms with E-state index in [4.69, 9.17) is 11.8 Å². The maximum Gasteiger partial charge on any atom is 0.0770 e. The molecule has 0 N–H and O–H groups in total. The average Bonchev–Trinajstić information content (AvgIpc) is 3.72. The predicted molar refractivity (Wildman–Crippen MR) is 205 cm³/mol. The van der Waals surface area contributed by atoms with Crippen molar-refractivity contribution in [3.05, 3.63) is 143 Å². The van der Waals surface area contributed by atoms with Crippen LogP contribution in [-0.2, 0) is 33.0 Å². The minimum atomic E-state index is -2.09. The van der Waals surface area contributed by atoms with Gasteiger partial charge in [-0.1, -0.05) is 117 Å². The molecule has 3 nitrogen and oxygen atoms in total. The zero-order valence-electron chi connectivity index (χ0n) is 33.8. The third-order valence-corrected chi connectivity index (χ3v) is 9.28. The molecule has 1 radical (unpaired) electrons. The standard InChI is InChI=1S/C32H35N2S.C12H10N.Ir/c1-20(2)16-23-14-15-31-26(17-23)28(19-35-31)32-33-29-12-7-8-13-30(29)34(32)18-27-24(21(3)4)10-9-11-25(27)22(5)6;1-10-7-8-12(13-9-10)11-5-3-2-4-6-11;/h7-15,17,20-22H,16,18H2,1-6H3;2-5,7-9H,1H3;/q2*-1;/i16D2;1D3;. The molecule has 0 saturated heterocycles. The number of aryl methyl sites for hydroxylation is 1. The topological polar surface area (TPSA) is 30.7 Å². The fraction of sp³-hybridized carbons (Fsp3) is 0.273. The van der Waals surface area contributed by atoms with E-state index < -0.39 is 13.2 Å². The van der Waals surface area contributed by atoms with Crippen molar-refractivity contribution in [2.24, 2.45) is 5.92 Å². The minimum Gasteiger partial charge on any atom is -0.360 e. The van der Waals surface area contributed by atoms with Crippen molar-refractivity contribution in [3.63, 3.8) is 0 Å². The molecule has 0 atom stereocenters. The number of thiophene rings is 1. The van der Waals surface area contributed by atoms with E-state index in [-0.39, 0.29) is 31.6 Å². The Kier molecular flexibility index (Phi) is 9.92. The van der Waals surface area contributed by atoms with E-state index in [0.29, 0.717) is 17.4 Å². The van der Waals surface area contributed by atoms with Gasteiger partial charge in [-0.3, -0.25) is 16.3 Å². The van der Waals surface area contributed by atoms with Gasteiger partial charge < -0.3 is 9.55 Å². The summed E-state index contributed by atoms with van der Waals surface area (Å²) in [6.07, 6.45) is -0.0148. The van der Waals surface area contributed by atoms with Crippen LogP contribution in [0.2, 0.25) is 0 Å². The largest absolute Gasteiger partial charge is 0.360 e. The van der Waals surface area contributed by atoms with Gasteiger partial charge in [0.05, 0.1) is 16.9 Å². The fourth-order valence-corrected chi connectivity index (χ4v) is 6.96. The number of benzene rings is 4. The molecule has 0 spiro atoms. The van der Waals surface area contributed by atoms with Crippen LogP contribution in [0.3, 0.4) is 0 Å². The van der Waals surface area contributed by atoms with Gasteiger partial charge in [0, 0.05) is 39.7 Å². The van der Waals surface area contributed by atoms with Crippen molar-refractivity contribution >= 4 is 32.5 Å². The maximum absolute atomic E-state index is 8.67. The maximum atomic E-state index is 8.67. The quantitative estimate of drug-likeness (QED) is 0.143. The van der Waals surface area contributed by atoms with Crippen molar-refractivity contribution in [1.82, 2.24) is 14.5 Å². The van der Waals surface area contributed by atoms with Gasteiger partial charge in [-0.25, -0.2) is 0 Å². The molecule has 3 heterocycles. The molecule has 0 fully saturated rings. The van der Waals surface area contributed by atoms with Crippen LogP contribution in [0, 0.1) is 24.2 Å². The van der Waals surface area contributed by atoms with Crippen LogP contribution in [0.15, 0.2) is 103 Å². The third-order valence-electron chi connectivity index (χ3n) is 8.40. The molecule has 0 amide bonds. The first-order chi connectivity index (χ1) is 25.2. The summed E-state index contributed by atoms with van der Waals surface area (Å²) in [6, 6.07) is 34.8. The third kappa shape index (κ3) is 8.29. The van der Waals surface area contributed by atoms with Gasteiger partial charge in [-0.15, -0.1) is 47.3 Å². The van der Waals surface area contributed by atoms with Crippen LogP contribution in [0.5, 0.6) is 0 Å². The Morgan fingerprint density at radius 2 is 1.61 bits per heavy atom. The molecule has 253 valence electrons. The Hall–Kier alpha value is -3.89. The molecule has 5 heteroatoms. The van der Waals surface area contributed by atoms with Crippen molar-refractivity contribution in [2.75, 3.05) is 0 Å². The van der Waals surface area contributed by atoms with E-state index in [0.717, 1.165) is 50.3 Å². The number of hydrogen-bond donors (Lipinski definition) is 0. The molecule has 3 aromatic heterocycles. The number of hydrogen-bond acceptors (Lipinski definition) is 3. The normalized spacial score (nSPS) is 13.4. The van der Waals surface area contributed by atoms with E-state index in [1.807, 2.05) is 56.3 Å². The van der Waals surface area contributed by atoms with Gasteiger partial charge in [0.1, 0.15) is 0 Å². The molecule has 4 aromatic carbocycles. The van der Waals surface area contributed by atoms with Gasteiger partial charge in [0.2, 0.25) is 0 Å². The van der Waals surface area contributed by atoms with Gasteiger partial charge in [-0.05, 0) is 71.1 Å². The first-order valence-corrected chi connectivity index (χ1v) is 17.4. The smallest absolute Gasteiger partial charge is 0.0770 e. The van der Waals surface area contributed by atoms with Gasteiger partial charge >= 0.3 is 0 Å². The summed E-state index contributed by atoms with van der Waals surface area (Å²) in [7, 11) is 0. The van der Waals surface area contributed by atoms with Crippen LogP contribution in [0.25, 0.3) is 43.8 Å². The van der Waals surface area contributed by atoms with Crippen LogP contribution in [-0.4, -0.2) is 14.5 Å². The fourth-order valence-electron chi connectivity index (χ4n) is 6.14. The van der Waals surface area contributed by atoms with Crippen molar-refractivity contribution < 1.29 is 27.0 Å². The second kappa shape index (κ2) is 16.2. The predicted octanol–water partition coefficient (Wildman–Crippen LogP) is 12.1. The molecule has 0 unspecified atom stereocenters. The summed E-state index contributed by atoms with van der Waals surface area (Å²) < 4.78 is 42.5. The Balaban J connectivity index is 0.000000276. The van der Waals surface area contributed by atoms with Crippen LogP contribution < -0.4 is 0 Å². The number of pyridine rings is 1. The van der Waals surface area contributed by atoms with Crippen LogP contribution in [0.4, 0.5) is 0 Å². The number of rotatable bonds is 8. The second-order valence-corrected chi connectivity index (χ2v) is 13.9. The first-order valence-electron chi connectivity index (χ1n) is 19.1. The van der Waals surface area contributed by atoms with Crippen molar-refractivity contribution in [3.8, 4) is 22.6 Å². The minimum absolute atomic E-state index is 0. The second-order valence-electron chi connectivity index (χ2n) is 13.0. The molecule has 0 aliphatic heterocycles. The van der Waals surface area contributed by atoms with E-state index in [2.05, 4.69) is 85.1 Å². The molecular weight excluding hydrogens is 795 g/mol. The summed E-state index contributed by atoms with van der Waals surface area (Å²) in [4.78, 5) is 9.25. The van der Waals surface area contributed by atoms with Gasteiger partial charge in [0.25, 0.3) is 0 Å². The number of fused-ring (bicyclic) bond motifs is 2. The number of imidazole rings is 1. The van der Waals surface area contributed by atoms with E-state index in [1.165, 1.54) is 22.9 Å². The summed E-state index contributed by atoms with van der Waals surface area (Å²) in [5.74, 6) is 1.60. The first kappa shape index (κ1) is 30.0. The van der Waals surface area contributed by atoms with Crippen molar-refractivity contribution in [2.45, 2.75) is 73.1 Å². The van der Waals surface area contributed by atoms with Crippen molar-refractivity contribution in [1.29, 1.82) is 0 Å². The Labute approximate surface area is 316 Å². The molecular formula is C44H45IrN3S-2. The Bertz CT molecular complexity index is 2300. The average molecular weight is 845 g/mol. The zero-order valence-corrected chi connectivity index (χ0v) is 32.0. The number of para-hydroxylation sites is 2. The molecule has 0 saturated carbocycles. The molecule has 49 heavy (non-hydrogen) atoms. The van der Waals surface area contributed by atoms with E-state index in [1.54, 1.807) is 29.5 Å². The SMILES string of the molecule is [2H]C([2H])([2H])c1ccc(-c2[c-]cccc2)nc1.[2H]C([2H])(c1ccc2s[c-]c(-c3nc4ccccc4n3Cc3c(C(C)C)cccc3C(C)C)c2c1)C(C)C.[Ir]. The molecule has 7 aromatic rings. The molecule has 0 aliphatic carbocycles. The van der Waals surface area contributed by atoms with E-state index >= 15 is 0 Å². The summed E-state index contributed by atoms with van der Waals surface area (Å²) in [6.45, 7) is 11.6. The van der Waals surface area contributed by atoms with Gasteiger partial charge in [-0.2, -0.15) is 0 Å². The van der Waals surface area contributed by atoms with E-state index in [9.17, 15) is 0 Å². The van der Waals surface area contributed by atoms with Crippen LogP contribution in [0.1, 0.15) is 88.0 Å². The monoisotopic (exact) mass is 845 g/mol. The Morgan fingerprint density at radius 1 is 0.857 bits per heavy atom.